The number of ether oxygens (including phenoxy) is 2. The minimum Gasteiger partial charge on any atom is -0.493 e. The standard InChI is InChI=1S/C9H9NO2/c1-11-8-4-3-7(6-10)5-9(8)12-2/h3-5H,1-2H3/i6-1. The van der Waals surface area contributed by atoms with E-state index in [1.807, 2.05) is 6.07 Å². The molecule has 0 atom stereocenters. The summed E-state index contributed by atoms with van der Waals surface area (Å²) in [4.78, 5) is 0. The molecular formula is C9H9NO2. The highest BCUT2D eigenvalue weighted by Gasteiger charge is 2.02. The topological polar surface area (TPSA) is 42.2 Å². The molecule has 62 valence electrons. The monoisotopic (exact) mass is 162 g/mol. The Balaban J connectivity index is 3.13. The number of nitrogens with zero attached hydrogens (tertiary/aromatic N) is 1. The lowest BCUT2D eigenvalue weighted by atomic mass is 10.0. The lowest BCUT2D eigenvalue weighted by Gasteiger charge is -2.06. The number of nitriles is 1. The fraction of sp³-hybridized carbons (Fsp3) is 0.222. The van der Waals surface area contributed by atoms with Gasteiger partial charge in [-0.05, 0) is 12.1 Å². The van der Waals surface area contributed by atoms with E-state index in [-0.39, 0.29) is 0 Å². The van der Waals surface area contributed by atoms with Gasteiger partial charge in [0.1, 0.15) is 0 Å². The fourth-order valence-corrected chi connectivity index (χ4v) is 0.906. The van der Waals surface area contributed by atoms with Crippen LogP contribution < -0.4 is 9.47 Å². The highest BCUT2D eigenvalue weighted by atomic mass is 16.5. The maximum Gasteiger partial charge on any atom is 0.162 e. The van der Waals surface area contributed by atoms with Crippen molar-refractivity contribution in [3.8, 4) is 17.6 Å². The average Bonchev–Trinajstić information content (AvgIpc) is 2.16. The van der Waals surface area contributed by atoms with Crippen LogP contribution in [0.25, 0.3) is 0 Å². The molecule has 0 amide bonds. The summed E-state index contributed by atoms with van der Waals surface area (Å²) in [6.45, 7) is 0. The summed E-state index contributed by atoms with van der Waals surface area (Å²) < 4.78 is 10.0. The molecule has 0 radical (unpaired) electrons. The van der Waals surface area contributed by atoms with Gasteiger partial charge in [-0.2, -0.15) is 5.26 Å². The molecule has 1 aromatic rings. The molecule has 1 rings (SSSR count). The predicted molar refractivity (Wildman–Crippen MR) is 44.3 cm³/mol. The molecule has 0 aromatic heterocycles. The molecule has 0 saturated heterocycles. The predicted octanol–water partition coefficient (Wildman–Crippen LogP) is 1.58. The molecular weight excluding hydrogens is 153 g/mol. The fourth-order valence-electron chi connectivity index (χ4n) is 0.906. The van der Waals surface area contributed by atoms with Crippen LogP contribution in [0.3, 0.4) is 0 Å². The van der Waals surface area contributed by atoms with Gasteiger partial charge in [0.25, 0.3) is 0 Å². The van der Waals surface area contributed by atoms with Gasteiger partial charge in [-0.15, -0.1) is 0 Å². The zero-order valence-electron chi connectivity index (χ0n) is 7.00. The van der Waals surface area contributed by atoms with Crippen LogP contribution in [-0.2, 0) is 0 Å². The molecule has 12 heavy (non-hydrogen) atoms. The highest BCUT2D eigenvalue weighted by molar-refractivity contribution is 5.46. The zero-order valence-corrected chi connectivity index (χ0v) is 7.00. The Morgan fingerprint density at radius 2 is 1.83 bits per heavy atom. The van der Waals surface area contributed by atoms with Crippen LogP contribution in [-0.4, -0.2) is 14.2 Å². The number of hydrogen-bond donors (Lipinski definition) is 0. The van der Waals surface area contributed by atoms with Crippen molar-refractivity contribution < 1.29 is 9.47 Å². The molecule has 0 unspecified atom stereocenters. The maximum absolute atomic E-state index is 8.57. The van der Waals surface area contributed by atoms with Crippen molar-refractivity contribution in [2.45, 2.75) is 0 Å². The Morgan fingerprint density at radius 3 is 2.33 bits per heavy atom. The molecule has 0 fully saturated rings. The SMILES string of the molecule is COc1ccc([11C]#N)cc1OC. The second kappa shape index (κ2) is 3.63. The lowest BCUT2D eigenvalue weighted by molar-refractivity contribution is 0.355. The highest BCUT2D eigenvalue weighted by Crippen LogP contribution is 2.26. The van der Waals surface area contributed by atoms with E-state index in [9.17, 15) is 0 Å². The van der Waals surface area contributed by atoms with Crippen LogP contribution >= 0.6 is 0 Å². The van der Waals surface area contributed by atoms with Gasteiger partial charge >= 0.3 is 0 Å². The summed E-state index contributed by atoms with van der Waals surface area (Å²) in [5.41, 5.74) is 0.563. The van der Waals surface area contributed by atoms with Gasteiger partial charge in [0, 0.05) is 6.07 Å². The summed E-state index contributed by atoms with van der Waals surface area (Å²) in [5, 5.41) is 8.57. The van der Waals surface area contributed by atoms with E-state index >= 15 is 0 Å². The molecule has 1 aromatic carbocycles. The summed E-state index contributed by atoms with van der Waals surface area (Å²) in [6.07, 6.45) is 0. The smallest absolute Gasteiger partial charge is 0.162 e. The maximum atomic E-state index is 8.57. The second-order valence-corrected chi connectivity index (χ2v) is 2.18. The Morgan fingerprint density at radius 1 is 1.17 bits per heavy atom. The number of rotatable bonds is 2. The van der Waals surface area contributed by atoms with Crippen molar-refractivity contribution >= 4 is 0 Å². The van der Waals surface area contributed by atoms with Crippen LogP contribution in [0.1, 0.15) is 5.56 Å². The minimum atomic E-state index is 0.563. The normalized spacial score (nSPS) is 8.75. The van der Waals surface area contributed by atoms with Crippen LogP contribution in [0, 0.1) is 11.3 Å². The van der Waals surface area contributed by atoms with E-state index < -0.39 is 0 Å². The Labute approximate surface area is 71.1 Å². The zero-order chi connectivity index (χ0) is 8.97. The third-order valence-electron chi connectivity index (χ3n) is 1.51. The van der Waals surface area contributed by atoms with E-state index in [0.717, 1.165) is 0 Å². The third kappa shape index (κ3) is 1.48. The van der Waals surface area contributed by atoms with E-state index in [1.165, 1.54) is 0 Å². The van der Waals surface area contributed by atoms with Gasteiger partial charge in [0.15, 0.2) is 11.5 Å². The molecule has 0 saturated carbocycles. The largest absolute Gasteiger partial charge is 0.493 e. The van der Waals surface area contributed by atoms with E-state index in [1.54, 1.807) is 32.4 Å². The Bertz CT molecular complexity index is 315. The molecule has 3 heteroatoms. The quantitative estimate of drug-likeness (QED) is 0.663. The van der Waals surface area contributed by atoms with Gasteiger partial charge in [-0.25, -0.2) is 0 Å². The number of benzene rings is 1. The first-order valence-corrected chi connectivity index (χ1v) is 3.44. The first-order chi connectivity index (χ1) is 5.81. The number of methoxy groups -OCH3 is 2. The van der Waals surface area contributed by atoms with Crippen molar-refractivity contribution in [2.24, 2.45) is 0 Å². The summed E-state index contributed by atoms with van der Waals surface area (Å²) in [5.74, 6) is 1.22. The van der Waals surface area contributed by atoms with Crippen molar-refractivity contribution in [1.29, 1.82) is 5.26 Å². The Kier molecular flexibility index (Phi) is 2.54. The minimum absolute atomic E-state index is 0.563. The first-order valence-electron chi connectivity index (χ1n) is 3.44. The average molecular weight is 162 g/mol. The van der Waals surface area contributed by atoms with Crippen LogP contribution in [0.15, 0.2) is 18.2 Å². The summed E-state index contributed by atoms with van der Waals surface area (Å²) in [6, 6.07) is 7.04. The summed E-state index contributed by atoms with van der Waals surface area (Å²) in [7, 11) is 3.10. The van der Waals surface area contributed by atoms with Gasteiger partial charge in [0.05, 0.1) is 25.9 Å². The molecule has 0 aliphatic heterocycles. The van der Waals surface area contributed by atoms with E-state index in [0.29, 0.717) is 17.1 Å². The van der Waals surface area contributed by atoms with Crippen molar-refractivity contribution in [3.63, 3.8) is 0 Å². The second-order valence-electron chi connectivity index (χ2n) is 2.18. The van der Waals surface area contributed by atoms with Gasteiger partial charge in [0.2, 0.25) is 0 Å². The van der Waals surface area contributed by atoms with Crippen molar-refractivity contribution in [1.82, 2.24) is 0 Å². The number of hydrogen-bond acceptors (Lipinski definition) is 3. The van der Waals surface area contributed by atoms with Gasteiger partial charge in [-0.3, -0.25) is 0 Å². The van der Waals surface area contributed by atoms with Crippen molar-refractivity contribution in [2.75, 3.05) is 14.2 Å². The summed E-state index contributed by atoms with van der Waals surface area (Å²) >= 11 is 0. The van der Waals surface area contributed by atoms with Gasteiger partial charge in [-0.1, -0.05) is 0 Å². The molecule has 0 aliphatic carbocycles. The molecule has 0 spiro atoms. The van der Waals surface area contributed by atoms with Crippen LogP contribution in [0.4, 0.5) is 0 Å². The van der Waals surface area contributed by atoms with E-state index in [2.05, 4.69) is 0 Å². The molecule has 0 heterocycles. The van der Waals surface area contributed by atoms with Crippen LogP contribution in [0.5, 0.6) is 11.5 Å². The first kappa shape index (κ1) is 8.41. The molecule has 0 aliphatic rings. The third-order valence-corrected chi connectivity index (χ3v) is 1.51. The molecule has 3 nitrogen and oxygen atoms in total. The lowest BCUT2D eigenvalue weighted by Crippen LogP contribution is -1.90. The van der Waals surface area contributed by atoms with Gasteiger partial charge < -0.3 is 9.47 Å². The van der Waals surface area contributed by atoms with Crippen LogP contribution in [0.2, 0.25) is 0 Å². The van der Waals surface area contributed by atoms with E-state index in [4.69, 9.17) is 14.7 Å². The molecule has 0 bridgehead atoms. The van der Waals surface area contributed by atoms with Crippen molar-refractivity contribution in [3.05, 3.63) is 23.8 Å². The Hall–Kier alpha value is -1.69. The molecule has 0 N–H and O–H groups in total.